The van der Waals surface area contributed by atoms with Gasteiger partial charge in [-0.25, -0.2) is 0 Å². The Morgan fingerprint density at radius 2 is 2.00 bits per heavy atom. The second kappa shape index (κ2) is 10.4. The van der Waals surface area contributed by atoms with E-state index >= 15 is 0 Å². The van der Waals surface area contributed by atoms with Gasteiger partial charge in [0.1, 0.15) is 18.2 Å². The van der Waals surface area contributed by atoms with Crippen molar-refractivity contribution in [3.63, 3.8) is 0 Å². The van der Waals surface area contributed by atoms with Gasteiger partial charge in [-0.15, -0.1) is 6.58 Å². The Bertz CT molecular complexity index is 688. The van der Waals surface area contributed by atoms with Gasteiger partial charge in [-0.05, 0) is 57.7 Å². The molecule has 0 aromatic heterocycles. The van der Waals surface area contributed by atoms with Crippen LogP contribution in [0.4, 0.5) is 0 Å². The van der Waals surface area contributed by atoms with Gasteiger partial charge in [-0.1, -0.05) is 33.8 Å². The zero-order valence-corrected chi connectivity index (χ0v) is 22.2. The largest absolute Gasteiger partial charge is 0.410 e. The van der Waals surface area contributed by atoms with Crippen LogP contribution in [0.15, 0.2) is 12.7 Å². The molecule has 8 heteroatoms. The SMILES string of the molecule is C=C[C@H]1OC(C)(C)O[C@@H]1[C@@H](O[Si](C)(C)C(C)(C)C)[C@@H](CC)C(=O)N[C@H]1CCCCNC1=O. The van der Waals surface area contributed by atoms with Crippen molar-refractivity contribution < 1.29 is 23.5 Å². The summed E-state index contributed by atoms with van der Waals surface area (Å²) in [7, 11) is -2.25. The maximum absolute atomic E-state index is 13.5. The first kappa shape index (κ1) is 27.0. The fourth-order valence-corrected chi connectivity index (χ4v) is 5.40. The highest BCUT2D eigenvalue weighted by Gasteiger charge is 2.51. The van der Waals surface area contributed by atoms with E-state index in [1.165, 1.54) is 0 Å². The summed E-state index contributed by atoms with van der Waals surface area (Å²) in [4.78, 5) is 25.9. The van der Waals surface area contributed by atoms with Gasteiger partial charge >= 0.3 is 0 Å². The summed E-state index contributed by atoms with van der Waals surface area (Å²) < 4.78 is 19.2. The maximum atomic E-state index is 13.5. The Morgan fingerprint density at radius 1 is 1.34 bits per heavy atom. The van der Waals surface area contributed by atoms with Gasteiger partial charge in [0.25, 0.3) is 0 Å². The molecule has 0 aromatic carbocycles. The Morgan fingerprint density at radius 3 is 2.56 bits per heavy atom. The molecule has 5 atom stereocenters. The average Bonchev–Trinajstić information content (AvgIpc) is 2.85. The number of carbonyl (C=O) groups is 2. The van der Waals surface area contributed by atoms with E-state index in [4.69, 9.17) is 13.9 Å². The number of hydrogen-bond acceptors (Lipinski definition) is 5. The number of rotatable bonds is 8. The molecule has 0 aromatic rings. The lowest BCUT2D eigenvalue weighted by molar-refractivity contribution is -0.159. The van der Waals surface area contributed by atoms with E-state index in [1.54, 1.807) is 6.08 Å². The Kier molecular flexibility index (Phi) is 8.75. The van der Waals surface area contributed by atoms with Crippen molar-refractivity contribution in [2.24, 2.45) is 5.92 Å². The third-order valence-corrected chi connectivity index (χ3v) is 11.5. The lowest BCUT2D eigenvalue weighted by atomic mass is 9.91. The lowest BCUT2D eigenvalue weighted by Gasteiger charge is -2.43. The van der Waals surface area contributed by atoms with Crippen molar-refractivity contribution in [1.29, 1.82) is 0 Å². The Balaban J connectivity index is 2.35. The molecule has 2 rings (SSSR count). The molecule has 2 fully saturated rings. The number of amides is 2. The molecule has 0 saturated carbocycles. The topological polar surface area (TPSA) is 85.9 Å². The molecule has 0 spiro atoms. The number of ether oxygens (including phenoxy) is 2. The summed E-state index contributed by atoms with van der Waals surface area (Å²) in [5.41, 5.74) is 0. The van der Waals surface area contributed by atoms with Crippen molar-refractivity contribution >= 4 is 20.1 Å². The monoisotopic (exact) mass is 468 g/mol. The highest BCUT2D eigenvalue weighted by Crippen LogP contribution is 2.42. The first-order valence-corrected chi connectivity index (χ1v) is 14.9. The quantitative estimate of drug-likeness (QED) is 0.417. The summed E-state index contributed by atoms with van der Waals surface area (Å²) in [6.07, 6.45) is 3.39. The predicted octanol–water partition coefficient (Wildman–Crippen LogP) is 3.89. The summed E-state index contributed by atoms with van der Waals surface area (Å²) >= 11 is 0. The van der Waals surface area contributed by atoms with Crippen LogP contribution < -0.4 is 10.6 Å². The van der Waals surface area contributed by atoms with E-state index in [0.29, 0.717) is 19.4 Å². The molecule has 2 saturated heterocycles. The summed E-state index contributed by atoms with van der Waals surface area (Å²) in [5, 5.41) is 5.85. The molecule has 2 N–H and O–H groups in total. The van der Waals surface area contributed by atoms with Crippen molar-refractivity contribution in [2.75, 3.05) is 6.54 Å². The van der Waals surface area contributed by atoms with E-state index < -0.39 is 38.3 Å². The second-order valence-corrected chi connectivity index (χ2v) is 15.8. The fraction of sp³-hybridized carbons (Fsp3) is 0.833. The van der Waals surface area contributed by atoms with Crippen molar-refractivity contribution in [1.82, 2.24) is 10.6 Å². The van der Waals surface area contributed by atoms with Gasteiger partial charge in [0.15, 0.2) is 14.1 Å². The van der Waals surface area contributed by atoms with Crippen LogP contribution in [-0.2, 0) is 23.5 Å². The third kappa shape index (κ3) is 6.43. The first-order chi connectivity index (χ1) is 14.7. The normalized spacial score (nSPS) is 28.4. The number of hydrogen-bond donors (Lipinski definition) is 2. The predicted molar refractivity (Wildman–Crippen MR) is 129 cm³/mol. The van der Waals surface area contributed by atoms with Gasteiger partial charge in [0, 0.05) is 6.54 Å². The Hall–Kier alpha value is -1.22. The van der Waals surface area contributed by atoms with Crippen LogP contribution in [-0.4, -0.2) is 56.8 Å². The fourth-order valence-electron chi connectivity index (χ4n) is 4.07. The van der Waals surface area contributed by atoms with Crippen LogP contribution >= 0.6 is 0 Å². The van der Waals surface area contributed by atoms with Gasteiger partial charge < -0.3 is 24.5 Å². The van der Waals surface area contributed by atoms with Crippen LogP contribution in [0.1, 0.15) is 67.2 Å². The number of nitrogens with one attached hydrogen (secondary N) is 2. The summed E-state index contributed by atoms with van der Waals surface area (Å²) in [6, 6.07) is -0.514. The molecule has 0 unspecified atom stereocenters. The van der Waals surface area contributed by atoms with Crippen LogP contribution in [0.5, 0.6) is 0 Å². The molecule has 2 amide bonds. The molecule has 2 aliphatic heterocycles. The van der Waals surface area contributed by atoms with Crippen molar-refractivity contribution in [3.05, 3.63) is 12.7 Å². The standard InChI is InChI=1S/C24H44N2O5Si/c1-10-16(21(27)26-17-14-12-13-15-25-22(17)28)19(31-32(8,9)23(3,4)5)20-18(11-2)29-24(6,7)30-20/h11,16-20H,2,10,12-15H2,1,3-9H3,(H,25,28)(H,26,27)/t16-,17+,18-,19+,20+/m1/s1. The second-order valence-electron chi connectivity index (χ2n) is 11.0. The summed E-state index contributed by atoms with van der Waals surface area (Å²) in [6.45, 7) is 21.2. The molecule has 0 aliphatic carbocycles. The highest BCUT2D eigenvalue weighted by molar-refractivity contribution is 6.74. The van der Waals surface area contributed by atoms with E-state index in [0.717, 1.165) is 12.8 Å². The van der Waals surface area contributed by atoms with Gasteiger partial charge in [0.05, 0.1) is 12.0 Å². The van der Waals surface area contributed by atoms with Crippen LogP contribution in [0.3, 0.4) is 0 Å². The Labute approximate surface area is 195 Å². The minimum Gasteiger partial charge on any atom is -0.410 e. The van der Waals surface area contributed by atoms with Crippen LogP contribution in [0.2, 0.25) is 18.1 Å². The van der Waals surface area contributed by atoms with Gasteiger partial charge in [0.2, 0.25) is 11.8 Å². The lowest BCUT2D eigenvalue weighted by Crippen LogP contribution is -2.56. The van der Waals surface area contributed by atoms with Gasteiger partial charge in [-0.3, -0.25) is 9.59 Å². The average molecular weight is 469 g/mol. The highest BCUT2D eigenvalue weighted by atomic mass is 28.4. The van der Waals surface area contributed by atoms with Gasteiger partial charge in [-0.2, -0.15) is 0 Å². The molecule has 0 bridgehead atoms. The first-order valence-electron chi connectivity index (χ1n) is 12.0. The zero-order chi connectivity index (χ0) is 24.3. The molecular formula is C24H44N2O5Si. The number of carbonyl (C=O) groups excluding carboxylic acids is 2. The van der Waals surface area contributed by atoms with Crippen molar-refractivity contribution in [3.8, 4) is 0 Å². The molecule has 7 nitrogen and oxygen atoms in total. The zero-order valence-electron chi connectivity index (χ0n) is 21.2. The minimum atomic E-state index is -2.25. The van der Waals surface area contributed by atoms with E-state index in [2.05, 4.69) is 51.1 Å². The smallest absolute Gasteiger partial charge is 0.242 e. The minimum absolute atomic E-state index is 0.0418. The van der Waals surface area contributed by atoms with Crippen molar-refractivity contribution in [2.45, 2.75) is 115 Å². The molecule has 32 heavy (non-hydrogen) atoms. The molecule has 2 aliphatic rings. The van der Waals surface area contributed by atoms with E-state index in [1.807, 2.05) is 20.8 Å². The van der Waals surface area contributed by atoms with Crippen LogP contribution in [0.25, 0.3) is 0 Å². The van der Waals surface area contributed by atoms with E-state index in [-0.39, 0.29) is 23.0 Å². The molecular weight excluding hydrogens is 424 g/mol. The third-order valence-electron chi connectivity index (χ3n) is 6.98. The molecule has 2 heterocycles. The molecule has 184 valence electrons. The van der Waals surface area contributed by atoms with Crippen LogP contribution in [0, 0.1) is 5.92 Å². The summed E-state index contributed by atoms with van der Waals surface area (Å²) in [5.74, 6) is -1.56. The van der Waals surface area contributed by atoms with E-state index in [9.17, 15) is 9.59 Å². The molecule has 0 radical (unpaired) electrons. The maximum Gasteiger partial charge on any atom is 0.242 e.